The van der Waals surface area contributed by atoms with Crippen LogP contribution in [0.3, 0.4) is 0 Å². The fraction of sp³-hybridized carbons (Fsp3) is 0.541. The zero-order valence-corrected chi connectivity index (χ0v) is 29.2. The second-order valence-electron chi connectivity index (χ2n) is 10.8. The highest BCUT2D eigenvalue weighted by Crippen LogP contribution is 2.46. The number of aldehydes is 1. The smallest absolute Gasteiger partial charge is 0.379 e. The van der Waals surface area contributed by atoms with Gasteiger partial charge in [0.1, 0.15) is 17.9 Å². The third-order valence-electron chi connectivity index (χ3n) is 7.37. The fourth-order valence-corrected chi connectivity index (χ4v) is 5.55. The molecule has 1 saturated heterocycles. The van der Waals surface area contributed by atoms with Gasteiger partial charge in [-0.05, 0) is 113 Å². The van der Waals surface area contributed by atoms with Gasteiger partial charge in [-0.15, -0.1) is 12.8 Å². The summed E-state index contributed by atoms with van der Waals surface area (Å²) in [4.78, 5) is 13.5. The van der Waals surface area contributed by atoms with Crippen LogP contribution in [-0.2, 0) is 11.3 Å². The molecule has 9 heteroatoms. The normalized spacial score (nSPS) is 14.1. The minimum atomic E-state index is -3.67. The Bertz CT molecular complexity index is 1160. The fourth-order valence-electron chi connectivity index (χ4n) is 5.24. The summed E-state index contributed by atoms with van der Waals surface area (Å²) in [6, 6.07) is 9.91. The third kappa shape index (κ3) is 16.0. The van der Waals surface area contributed by atoms with E-state index in [0.717, 1.165) is 93.1 Å². The van der Waals surface area contributed by atoms with Gasteiger partial charge in [-0.2, -0.15) is 13.2 Å². The van der Waals surface area contributed by atoms with E-state index in [9.17, 15) is 13.2 Å². The van der Waals surface area contributed by atoms with E-state index >= 15 is 4.39 Å². The van der Waals surface area contributed by atoms with E-state index in [1.807, 2.05) is 26.0 Å². The van der Waals surface area contributed by atoms with E-state index in [-0.39, 0.29) is 5.82 Å². The first-order chi connectivity index (χ1) is 22.0. The highest BCUT2D eigenvalue weighted by molar-refractivity contribution is 6.30. The van der Waals surface area contributed by atoms with Gasteiger partial charge in [0.15, 0.2) is 0 Å². The lowest BCUT2D eigenvalue weighted by atomic mass is 9.97. The third-order valence-corrected chi connectivity index (χ3v) is 7.59. The molecule has 2 fully saturated rings. The van der Waals surface area contributed by atoms with Crippen molar-refractivity contribution in [3.8, 4) is 18.6 Å². The van der Waals surface area contributed by atoms with Crippen molar-refractivity contribution in [1.82, 2.24) is 9.80 Å². The molecule has 0 N–H and O–H groups in total. The summed E-state index contributed by atoms with van der Waals surface area (Å²) in [5.74, 6) is 1.49. The Kier molecular flexibility index (Phi) is 22.6. The average Bonchev–Trinajstić information content (AvgIpc) is 3.86. The molecule has 0 radical (unpaired) electrons. The Morgan fingerprint density at radius 2 is 1.65 bits per heavy atom. The topological polar surface area (TPSA) is 32.8 Å². The maximum atomic E-state index is 15.2. The molecule has 46 heavy (non-hydrogen) atoms. The average molecular weight is 669 g/mol. The number of hydrogen-bond donors (Lipinski definition) is 0. The lowest BCUT2D eigenvalue weighted by Crippen LogP contribution is -2.35. The summed E-state index contributed by atoms with van der Waals surface area (Å²) in [6.45, 7) is 17.7. The molecule has 2 aromatic carbocycles. The van der Waals surface area contributed by atoms with Crippen molar-refractivity contribution in [3.05, 3.63) is 70.0 Å². The first kappa shape index (κ1) is 43.0. The molecule has 0 unspecified atom stereocenters. The van der Waals surface area contributed by atoms with Crippen molar-refractivity contribution in [3.63, 3.8) is 0 Å². The molecule has 258 valence electrons. The number of carbonyl (C=O) groups is 1. The number of likely N-dealkylation sites (tertiary alicyclic amines) is 1. The molecule has 0 bridgehead atoms. The molecule has 1 aliphatic carbocycles. The Morgan fingerprint density at radius 1 is 1.09 bits per heavy atom. The predicted molar refractivity (Wildman–Crippen MR) is 185 cm³/mol. The number of rotatable bonds is 11. The Labute approximate surface area is 280 Å². The van der Waals surface area contributed by atoms with Crippen LogP contribution in [0.5, 0.6) is 5.75 Å². The van der Waals surface area contributed by atoms with E-state index in [4.69, 9.17) is 21.1 Å². The minimum Gasteiger partial charge on any atom is -0.493 e. The molecule has 0 amide bonds. The summed E-state index contributed by atoms with van der Waals surface area (Å²) in [6.07, 6.45) is 14.3. The zero-order chi connectivity index (χ0) is 35.2. The lowest BCUT2D eigenvalue weighted by molar-refractivity contribution is -0.106. The first-order valence-corrected chi connectivity index (χ1v) is 16.4. The van der Waals surface area contributed by atoms with Gasteiger partial charge in [0.05, 0.1) is 6.61 Å². The van der Waals surface area contributed by atoms with Crippen molar-refractivity contribution >= 4 is 23.6 Å². The Hall–Kier alpha value is -3.02. The van der Waals surface area contributed by atoms with Crippen LogP contribution in [0.15, 0.2) is 36.9 Å². The van der Waals surface area contributed by atoms with Crippen LogP contribution in [-0.4, -0.2) is 55.6 Å². The SMILES string of the molecule is C#C.C=C(c1cc(C2CC2)c(OCC2CCN(Cc3cc(C)cc(Cl)c3)CC2)cc1F)N(CC)CCC.CC.CC=O.FC(F)F. The lowest BCUT2D eigenvalue weighted by Gasteiger charge is -2.32. The number of halogens is 5. The first-order valence-electron chi connectivity index (χ1n) is 16.1. The quantitative estimate of drug-likeness (QED) is 0.136. The predicted octanol–water partition coefficient (Wildman–Crippen LogP) is 10.3. The summed E-state index contributed by atoms with van der Waals surface area (Å²) in [5.41, 5.74) is 5.04. The highest BCUT2D eigenvalue weighted by Gasteiger charge is 2.30. The molecule has 1 heterocycles. The summed E-state index contributed by atoms with van der Waals surface area (Å²) >= 11 is 6.24. The second kappa shape index (κ2) is 24.2. The van der Waals surface area contributed by atoms with Crippen LogP contribution < -0.4 is 4.74 Å². The summed E-state index contributed by atoms with van der Waals surface area (Å²) < 4.78 is 50.5. The number of aryl methyl sites for hydroxylation is 1. The van der Waals surface area contributed by atoms with E-state index in [1.165, 1.54) is 18.1 Å². The van der Waals surface area contributed by atoms with Crippen molar-refractivity contribution in [2.24, 2.45) is 5.92 Å². The van der Waals surface area contributed by atoms with Crippen LogP contribution in [0.1, 0.15) is 94.9 Å². The molecule has 4 nitrogen and oxygen atoms in total. The Balaban J connectivity index is 0.00000163. The van der Waals surface area contributed by atoms with Crippen LogP contribution in [0.25, 0.3) is 5.70 Å². The van der Waals surface area contributed by atoms with Gasteiger partial charge in [-0.1, -0.05) is 45.0 Å². The van der Waals surface area contributed by atoms with Gasteiger partial charge in [-0.3, -0.25) is 4.90 Å². The summed E-state index contributed by atoms with van der Waals surface area (Å²) in [5, 5.41) is 0.810. The van der Waals surface area contributed by atoms with Gasteiger partial charge >= 0.3 is 6.68 Å². The molecule has 2 aliphatic rings. The number of terminal acetylenes is 1. The van der Waals surface area contributed by atoms with Gasteiger partial charge in [0.25, 0.3) is 0 Å². The molecule has 0 atom stereocenters. The maximum absolute atomic E-state index is 15.2. The maximum Gasteiger partial charge on any atom is 0.379 e. The molecule has 1 aliphatic heterocycles. The number of ether oxygens (including phenoxy) is 1. The molecular weight excluding hydrogens is 616 g/mol. The van der Waals surface area contributed by atoms with Crippen molar-refractivity contribution < 1.29 is 27.1 Å². The molecule has 0 spiro atoms. The highest BCUT2D eigenvalue weighted by atomic mass is 35.5. The summed E-state index contributed by atoms with van der Waals surface area (Å²) in [7, 11) is 0. The van der Waals surface area contributed by atoms with E-state index in [0.29, 0.717) is 24.0 Å². The molecule has 2 aromatic rings. The van der Waals surface area contributed by atoms with Crippen LogP contribution in [0.2, 0.25) is 5.02 Å². The standard InChI is InChI=1S/C30H40ClFN2O.C2H4O.C2H6.C2H2.CHF3/c1-5-11-34(6-2)22(4)27-17-28(25-7-8-25)30(18-29(27)32)35-20-23-9-12-33(13-10-23)19-24-14-21(3)15-26(31)16-24;1-2-3;2*1-2;2-1(3)4/h14-18,23,25H,4-13,19-20H2,1-3H3;2H,1H3;1-2H3;1-2H;1H. The molecule has 4 rings (SSSR count). The molecule has 1 saturated carbocycles. The zero-order valence-electron chi connectivity index (χ0n) is 28.4. The number of alkyl halides is 3. The van der Waals surface area contributed by atoms with Gasteiger partial charge < -0.3 is 14.4 Å². The second-order valence-corrected chi connectivity index (χ2v) is 11.3. The monoisotopic (exact) mass is 668 g/mol. The number of carbonyl (C=O) groups excluding carboxylic acids is 1. The Morgan fingerprint density at radius 3 is 2.13 bits per heavy atom. The number of nitrogens with zero attached hydrogens (tertiary/aromatic N) is 2. The largest absolute Gasteiger partial charge is 0.493 e. The van der Waals surface area contributed by atoms with Crippen molar-refractivity contribution in [2.75, 3.05) is 32.8 Å². The van der Waals surface area contributed by atoms with Gasteiger partial charge in [0.2, 0.25) is 0 Å². The van der Waals surface area contributed by atoms with Crippen LogP contribution >= 0.6 is 11.6 Å². The van der Waals surface area contributed by atoms with Crippen molar-refractivity contribution in [2.45, 2.75) is 92.8 Å². The van der Waals surface area contributed by atoms with Crippen LogP contribution in [0.4, 0.5) is 17.6 Å². The number of benzene rings is 2. The minimum absolute atomic E-state index is 0.226. The van der Waals surface area contributed by atoms with E-state index in [1.54, 1.807) is 6.07 Å². The van der Waals surface area contributed by atoms with Crippen molar-refractivity contribution in [1.29, 1.82) is 0 Å². The van der Waals surface area contributed by atoms with Gasteiger partial charge in [0, 0.05) is 42.0 Å². The molecular formula is C37H53ClF4N2O2. The van der Waals surface area contributed by atoms with Crippen LogP contribution in [0, 0.1) is 31.5 Å². The van der Waals surface area contributed by atoms with E-state index < -0.39 is 6.68 Å². The number of piperidine rings is 1. The van der Waals surface area contributed by atoms with Gasteiger partial charge in [-0.25, -0.2) is 4.39 Å². The number of hydrogen-bond acceptors (Lipinski definition) is 4. The van der Waals surface area contributed by atoms with E-state index in [2.05, 4.69) is 62.1 Å². The molecule has 0 aromatic heterocycles.